The fourth-order valence-electron chi connectivity index (χ4n) is 3.11. The fourth-order valence-corrected chi connectivity index (χ4v) is 3.11. The topological polar surface area (TPSA) is 66.7 Å². The Morgan fingerprint density at radius 3 is 2.82 bits per heavy atom. The molecule has 0 bridgehead atoms. The number of carbonyl (C=O) groups is 2. The van der Waals surface area contributed by atoms with Crippen molar-refractivity contribution in [2.45, 2.75) is 25.4 Å². The second-order valence-corrected chi connectivity index (χ2v) is 5.61. The number of aromatic nitrogens is 1. The van der Waals surface area contributed by atoms with Gasteiger partial charge in [-0.05, 0) is 12.8 Å². The van der Waals surface area contributed by atoms with Crippen molar-refractivity contribution in [1.29, 1.82) is 0 Å². The maximum atomic E-state index is 12.3. The molecule has 3 amide bonds. The normalized spacial score (nSPS) is 20.8. The number of benzene rings is 1. The molecule has 2 saturated heterocycles. The summed E-state index contributed by atoms with van der Waals surface area (Å²) in [7, 11) is 0. The largest absolute Gasteiger partial charge is 0.356 e. The predicted octanol–water partition coefficient (Wildman–Crippen LogP) is 2.27. The second-order valence-electron chi connectivity index (χ2n) is 5.61. The molecule has 1 aromatic heterocycles. The zero-order chi connectivity index (χ0) is 15.1. The zero-order valence-corrected chi connectivity index (χ0v) is 11.9. The summed E-state index contributed by atoms with van der Waals surface area (Å²) in [6, 6.07) is 10.9. The number of urea groups is 1. The first-order chi connectivity index (χ1) is 10.7. The van der Waals surface area contributed by atoms with Gasteiger partial charge in [0, 0.05) is 18.2 Å². The fraction of sp³-hybridized carbons (Fsp3) is 0.312. The van der Waals surface area contributed by atoms with Gasteiger partial charge in [0.05, 0.1) is 6.54 Å². The number of fused-ring (bicyclic) bond motifs is 1. The van der Waals surface area contributed by atoms with E-state index in [1.54, 1.807) is 11.0 Å². The molecular formula is C16H15N3O3. The molecule has 0 spiro atoms. The molecule has 6 nitrogen and oxygen atoms in total. The number of nitrogens with zero attached hydrogens (tertiary/aromatic N) is 3. The van der Waals surface area contributed by atoms with Crippen LogP contribution in [0.4, 0.5) is 4.79 Å². The number of carbonyl (C=O) groups excluding carboxylic acids is 2. The van der Waals surface area contributed by atoms with Crippen molar-refractivity contribution in [2.24, 2.45) is 0 Å². The smallest absolute Gasteiger partial charge is 0.327 e. The summed E-state index contributed by atoms with van der Waals surface area (Å²) in [5, 5.41) is 3.98. The molecule has 112 valence electrons. The summed E-state index contributed by atoms with van der Waals surface area (Å²) in [5.74, 6) is 0.516. The van der Waals surface area contributed by atoms with Crippen molar-refractivity contribution in [1.82, 2.24) is 15.0 Å². The van der Waals surface area contributed by atoms with Gasteiger partial charge in [-0.25, -0.2) is 4.79 Å². The standard InChI is InChI=1S/C16H15N3O3/c20-15-13-7-4-8-18(13)16(21)19(15)10-12-9-14(22-17-12)11-5-2-1-3-6-11/h1-3,5-6,9,13H,4,7-8,10H2. The average Bonchev–Trinajstić information content (AvgIpc) is 3.25. The Morgan fingerprint density at radius 1 is 1.23 bits per heavy atom. The van der Waals surface area contributed by atoms with Gasteiger partial charge in [0.2, 0.25) is 0 Å². The maximum absolute atomic E-state index is 12.3. The summed E-state index contributed by atoms with van der Waals surface area (Å²) >= 11 is 0. The van der Waals surface area contributed by atoms with Crippen molar-refractivity contribution >= 4 is 11.9 Å². The van der Waals surface area contributed by atoms with Gasteiger partial charge >= 0.3 is 6.03 Å². The molecule has 2 aliphatic rings. The van der Waals surface area contributed by atoms with Crippen LogP contribution >= 0.6 is 0 Å². The lowest BCUT2D eigenvalue weighted by Crippen LogP contribution is -2.32. The van der Waals surface area contributed by atoms with E-state index in [9.17, 15) is 9.59 Å². The molecule has 0 radical (unpaired) electrons. The molecule has 3 heterocycles. The van der Waals surface area contributed by atoms with Crippen molar-refractivity contribution in [3.05, 3.63) is 42.1 Å². The van der Waals surface area contributed by atoms with E-state index in [0.717, 1.165) is 18.4 Å². The highest BCUT2D eigenvalue weighted by atomic mass is 16.5. The van der Waals surface area contributed by atoms with Gasteiger partial charge in [-0.15, -0.1) is 0 Å². The first kappa shape index (κ1) is 13.1. The lowest BCUT2D eigenvalue weighted by molar-refractivity contribution is -0.128. The Kier molecular flexibility index (Phi) is 2.96. The van der Waals surface area contributed by atoms with Gasteiger partial charge in [0.25, 0.3) is 5.91 Å². The Labute approximate surface area is 127 Å². The summed E-state index contributed by atoms with van der Waals surface area (Å²) in [4.78, 5) is 27.5. The molecule has 4 rings (SSSR count). The molecule has 2 aromatic rings. The highest BCUT2D eigenvalue weighted by Crippen LogP contribution is 2.29. The highest BCUT2D eigenvalue weighted by Gasteiger charge is 2.47. The minimum atomic E-state index is -0.270. The van der Waals surface area contributed by atoms with Gasteiger partial charge < -0.3 is 9.42 Å². The van der Waals surface area contributed by atoms with Gasteiger partial charge in [-0.3, -0.25) is 9.69 Å². The molecule has 2 fully saturated rings. The van der Waals surface area contributed by atoms with Crippen LogP contribution in [0.25, 0.3) is 11.3 Å². The monoisotopic (exact) mass is 297 g/mol. The minimum absolute atomic E-state index is 0.119. The first-order valence-electron chi connectivity index (χ1n) is 7.37. The van der Waals surface area contributed by atoms with Crippen LogP contribution in [-0.4, -0.2) is 39.5 Å². The van der Waals surface area contributed by atoms with Crippen LogP contribution in [-0.2, 0) is 11.3 Å². The molecule has 22 heavy (non-hydrogen) atoms. The van der Waals surface area contributed by atoms with Crippen molar-refractivity contribution in [3.63, 3.8) is 0 Å². The van der Waals surface area contributed by atoms with Crippen molar-refractivity contribution < 1.29 is 14.1 Å². The maximum Gasteiger partial charge on any atom is 0.327 e. The van der Waals surface area contributed by atoms with E-state index in [4.69, 9.17) is 4.52 Å². The number of hydrogen-bond donors (Lipinski definition) is 0. The van der Waals surface area contributed by atoms with Gasteiger partial charge in [-0.1, -0.05) is 35.5 Å². The van der Waals surface area contributed by atoms with Crippen LogP contribution in [0, 0.1) is 0 Å². The molecule has 1 aromatic carbocycles. The zero-order valence-electron chi connectivity index (χ0n) is 11.9. The molecular weight excluding hydrogens is 282 g/mol. The van der Waals surface area contributed by atoms with E-state index in [1.807, 2.05) is 30.3 Å². The molecule has 2 aliphatic heterocycles. The third-order valence-electron chi connectivity index (χ3n) is 4.22. The third-order valence-corrected chi connectivity index (χ3v) is 4.22. The predicted molar refractivity (Wildman–Crippen MR) is 77.6 cm³/mol. The van der Waals surface area contributed by atoms with Crippen LogP contribution in [0.3, 0.4) is 0 Å². The van der Waals surface area contributed by atoms with E-state index < -0.39 is 0 Å². The quantitative estimate of drug-likeness (QED) is 0.815. The lowest BCUT2D eigenvalue weighted by atomic mass is 10.1. The van der Waals surface area contributed by atoms with Crippen LogP contribution < -0.4 is 0 Å². The number of rotatable bonds is 3. The van der Waals surface area contributed by atoms with Gasteiger partial charge in [0.15, 0.2) is 5.76 Å². The SMILES string of the molecule is O=C1C2CCCN2C(=O)N1Cc1cc(-c2ccccc2)on1. The van der Waals surface area contributed by atoms with E-state index in [0.29, 0.717) is 18.0 Å². The van der Waals surface area contributed by atoms with Crippen LogP contribution in [0.2, 0.25) is 0 Å². The number of amides is 3. The van der Waals surface area contributed by atoms with Crippen LogP contribution in [0.1, 0.15) is 18.5 Å². The Bertz CT molecular complexity index is 703. The van der Waals surface area contributed by atoms with Crippen LogP contribution in [0.5, 0.6) is 0 Å². The van der Waals surface area contributed by atoms with E-state index >= 15 is 0 Å². The molecule has 0 saturated carbocycles. The molecule has 1 atom stereocenters. The summed E-state index contributed by atoms with van der Waals surface area (Å²) < 4.78 is 5.31. The highest BCUT2D eigenvalue weighted by molar-refractivity contribution is 6.04. The van der Waals surface area contributed by atoms with Gasteiger partial charge in [-0.2, -0.15) is 0 Å². The molecule has 1 unspecified atom stereocenters. The lowest BCUT2D eigenvalue weighted by Gasteiger charge is -2.13. The van der Waals surface area contributed by atoms with E-state index in [1.165, 1.54) is 4.90 Å². The van der Waals surface area contributed by atoms with E-state index in [2.05, 4.69) is 5.16 Å². The third kappa shape index (κ3) is 1.99. The first-order valence-corrected chi connectivity index (χ1v) is 7.37. The summed E-state index contributed by atoms with van der Waals surface area (Å²) in [5.41, 5.74) is 1.50. The molecule has 0 aliphatic carbocycles. The second kappa shape index (κ2) is 4.98. The number of hydrogen-bond acceptors (Lipinski definition) is 4. The summed E-state index contributed by atoms with van der Waals surface area (Å²) in [6.07, 6.45) is 1.66. The Balaban J connectivity index is 1.54. The average molecular weight is 297 g/mol. The van der Waals surface area contributed by atoms with E-state index in [-0.39, 0.29) is 24.5 Å². The van der Waals surface area contributed by atoms with Crippen LogP contribution in [0.15, 0.2) is 40.9 Å². The van der Waals surface area contributed by atoms with Crippen molar-refractivity contribution in [3.8, 4) is 11.3 Å². The summed E-state index contributed by atoms with van der Waals surface area (Å²) in [6.45, 7) is 0.834. The Morgan fingerprint density at radius 2 is 2.05 bits per heavy atom. The molecule has 0 N–H and O–H groups in total. The number of imide groups is 1. The minimum Gasteiger partial charge on any atom is -0.356 e. The molecule has 6 heteroatoms. The Hall–Kier alpha value is -2.63. The van der Waals surface area contributed by atoms with Gasteiger partial charge in [0.1, 0.15) is 11.7 Å². The van der Waals surface area contributed by atoms with Crippen molar-refractivity contribution in [2.75, 3.05) is 6.54 Å².